The van der Waals surface area contributed by atoms with Crippen LogP contribution in [-0.2, 0) is 4.74 Å². The van der Waals surface area contributed by atoms with Gasteiger partial charge in [0.25, 0.3) is 0 Å². The first kappa shape index (κ1) is 21.3. The van der Waals surface area contributed by atoms with Crippen LogP contribution in [0.1, 0.15) is 27.2 Å². The number of hydrogen-bond acceptors (Lipinski definition) is 4. The van der Waals surface area contributed by atoms with Gasteiger partial charge in [0.1, 0.15) is 0 Å². The maximum absolute atomic E-state index is 5.53. The maximum Gasteiger partial charge on any atom is 0.193 e. The number of hydrogen-bond donors (Lipinski definition) is 1. The number of morpholine rings is 1. The molecular formula is C16H33IN4OS. The molecule has 0 aromatic carbocycles. The smallest absolute Gasteiger partial charge is 0.193 e. The number of nitrogens with one attached hydrogen (secondary N) is 1. The molecule has 0 spiro atoms. The summed E-state index contributed by atoms with van der Waals surface area (Å²) >= 11 is 2.10. The quantitative estimate of drug-likeness (QED) is 0.399. The molecule has 0 aromatic rings. The molecular weight excluding hydrogens is 423 g/mol. The Morgan fingerprint density at radius 1 is 1.43 bits per heavy atom. The van der Waals surface area contributed by atoms with Crippen molar-refractivity contribution in [3.63, 3.8) is 0 Å². The Balaban J connectivity index is 0.00000264. The van der Waals surface area contributed by atoms with Crippen LogP contribution >= 0.6 is 35.7 Å². The van der Waals surface area contributed by atoms with Crippen LogP contribution < -0.4 is 5.32 Å². The van der Waals surface area contributed by atoms with Crippen LogP contribution in [0.15, 0.2) is 4.99 Å². The van der Waals surface area contributed by atoms with E-state index in [2.05, 4.69) is 52.6 Å². The maximum atomic E-state index is 5.53. The monoisotopic (exact) mass is 456 g/mol. The van der Waals surface area contributed by atoms with Crippen LogP contribution in [-0.4, -0.2) is 85.3 Å². The van der Waals surface area contributed by atoms with E-state index in [-0.39, 0.29) is 24.0 Å². The standard InChI is InChI=1S/C16H32N4OS.HI/c1-5-15-11-19(7-9-22-15)16(17-4)18-10-13(2)20-6-8-21-12-14(20)3;/h13-15H,5-12H2,1-4H3,(H,17,18);1H. The highest BCUT2D eigenvalue weighted by atomic mass is 127. The third-order valence-corrected chi connectivity index (χ3v) is 6.02. The molecule has 2 saturated heterocycles. The van der Waals surface area contributed by atoms with Crippen LogP contribution in [0.4, 0.5) is 0 Å². The van der Waals surface area contributed by atoms with Crippen molar-refractivity contribution < 1.29 is 4.74 Å². The molecule has 2 heterocycles. The second-order valence-corrected chi connectivity index (χ2v) is 7.69. The van der Waals surface area contributed by atoms with Gasteiger partial charge in [-0.25, -0.2) is 0 Å². The van der Waals surface area contributed by atoms with E-state index in [4.69, 9.17) is 4.74 Å². The molecule has 2 fully saturated rings. The molecule has 0 bridgehead atoms. The fourth-order valence-electron chi connectivity index (χ4n) is 3.24. The zero-order valence-electron chi connectivity index (χ0n) is 15.0. The Hall–Kier alpha value is 0.270. The van der Waals surface area contributed by atoms with Crippen molar-refractivity contribution in [2.75, 3.05) is 52.2 Å². The van der Waals surface area contributed by atoms with Gasteiger partial charge >= 0.3 is 0 Å². The van der Waals surface area contributed by atoms with E-state index in [0.717, 1.165) is 50.6 Å². The summed E-state index contributed by atoms with van der Waals surface area (Å²) in [7, 11) is 1.90. The topological polar surface area (TPSA) is 40.1 Å². The van der Waals surface area contributed by atoms with Gasteiger partial charge in [0.15, 0.2) is 5.96 Å². The van der Waals surface area contributed by atoms with E-state index in [9.17, 15) is 0 Å². The third-order valence-electron chi connectivity index (χ3n) is 4.65. The molecule has 0 aromatic heterocycles. The zero-order valence-corrected chi connectivity index (χ0v) is 18.1. The molecule has 0 radical (unpaired) electrons. The molecule has 2 aliphatic rings. The molecule has 0 saturated carbocycles. The van der Waals surface area contributed by atoms with Gasteiger partial charge < -0.3 is 15.0 Å². The van der Waals surface area contributed by atoms with Crippen molar-refractivity contribution in [3.05, 3.63) is 0 Å². The predicted molar refractivity (Wildman–Crippen MR) is 111 cm³/mol. The van der Waals surface area contributed by atoms with E-state index < -0.39 is 0 Å². The minimum atomic E-state index is 0. The highest BCUT2D eigenvalue weighted by Gasteiger charge is 2.25. The van der Waals surface area contributed by atoms with Crippen molar-refractivity contribution in [1.82, 2.24) is 15.1 Å². The van der Waals surface area contributed by atoms with E-state index >= 15 is 0 Å². The number of ether oxygens (including phenoxy) is 1. The van der Waals surface area contributed by atoms with E-state index in [0.29, 0.717) is 12.1 Å². The number of aliphatic imine (C=N–C) groups is 1. The normalized spacial score (nSPS) is 28.2. The highest BCUT2D eigenvalue weighted by molar-refractivity contribution is 14.0. The van der Waals surface area contributed by atoms with Gasteiger partial charge in [0, 0.05) is 56.3 Å². The fourth-order valence-corrected chi connectivity index (χ4v) is 4.42. The molecule has 136 valence electrons. The van der Waals surface area contributed by atoms with Gasteiger partial charge in [-0.15, -0.1) is 24.0 Å². The number of halogens is 1. The summed E-state index contributed by atoms with van der Waals surface area (Å²) in [6, 6.07) is 1.00. The van der Waals surface area contributed by atoms with Crippen LogP contribution in [0.3, 0.4) is 0 Å². The zero-order chi connectivity index (χ0) is 15.9. The van der Waals surface area contributed by atoms with Crippen LogP contribution in [0, 0.1) is 0 Å². The molecule has 1 N–H and O–H groups in total. The van der Waals surface area contributed by atoms with E-state index in [1.54, 1.807) is 0 Å². The number of rotatable bonds is 4. The molecule has 3 unspecified atom stereocenters. The molecule has 2 rings (SSSR count). The Kier molecular flexibility index (Phi) is 10.2. The summed E-state index contributed by atoms with van der Waals surface area (Å²) in [5, 5.41) is 4.33. The van der Waals surface area contributed by atoms with Gasteiger partial charge in [-0.3, -0.25) is 9.89 Å². The second kappa shape index (κ2) is 11.0. The summed E-state index contributed by atoms with van der Waals surface area (Å²) in [5.41, 5.74) is 0. The summed E-state index contributed by atoms with van der Waals surface area (Å²) in [6.45, 7) is 12.7. The average Bonchev–Trinajstić information content (AvgIpc) is 2.56. The molecule has 2 aliphatic heterocycles. The highest BCUT2D eigenvalue weighted by Crippen LogP contribution is 2.21. The van der Waals surface area contributed by atoms with Crippen molar-refractivity contribution >= 4 is 41.7 Å². The number of thioether (sulfide) groups is 1. The minimum Gasteiger partial charge on any atom is -0.379 e. The predicted octanol–water partition coefficient (Wildman–Crippen LogP) is 2.12. The SMILES string of the molecule is CCC1CN(C(=NC)NCC(C)N2CCOCC2C)CCS1.I. The van der Waals surface area contributed by atoms with Crippen LogP contribution in [0.25, 0.3) is 0 Å². The van der Waals surface area contributed by atoms with Gasteiger partial charge in [0.2, 0.25) is 0 Å². The lowest BCUT2D eigenvalue weighted by molar-refractivity contribution is -0.0175. The summed E-state index contributed by atoms with van der Waals surface area (Å²) in [6.07, 6.45) is 1.24. The number of nitrogens with zero attached hydrogens (tertiary/aromatic N) is 3. The Morgan fingerprint density at radius 2 is 2.22 bits per heavy atom. The van der Waals surface area contributed by atoms with Crippen molar-refractivity contribution in [3.8, 4) is 0 Å². The van der Waals surface area contributed by atoms with E-state index in [1.165, 1.54) is 12.2 Å². The Bertz CT molecular complexity index is 372. The lowest BCUT2D eigenvalue weighted by Gasteiger charge is -2.39. The third kappa shape index (κ3) is 6.25. The van der Waals surface area contributed by atoms with Crippen molar-refractivity contribution in [2.45, 2.75) is 44.5 Å². The first-order chi connectivity index (χ1) is 10.7. The molecule has 0 aliphatic carbocycles. The van der Waals surface area contributed by atoms with Crippen LogP contribution in [0.5, 0.6) is 0 Å². The Labute approximate surface area is 163 Å². The first-order valence-electron chi connectivity index (χ1n) is 8.56. The van der Waals surface area contributed by atoms with E-state index in [1.807, 2.05) is 7.05 Å². The summed E-state index contributed by atoms with van der Waals surface area (Å²) in [4.78, 5) is 9.44. The van der Waals surface area contributed by atoms with Gasteiger partial charge in [-0.1, -0.05) is 6.92 Å². The van der Waals surface area contributed by atoms with Crippen molar-refractivity contribution in [2.24, 2.45) is 4.99 Å². The minimum absolute atomic E-state index is 0. The fraction of sp³-hybridized carbons (Fsp3) is 0.938. The Morgan fingerprint density at radius 3 is 2.87 bits per heavy atom. The lowest BCUT2D eigenvalue weighted by Crippen LogP contribution is -2.54. The summed E-state index contributed by atoms with van der Waals surface area (Å²) < 4.78 is 5.53. The lowest BCUT2D eigenvalue weighted by atomic mass is 10.2. The van der Waals surface area contributed by atoms with Gasteiger partial charge in [-0.05, 0) is 20.3 Å². The van der Waals surface area contributed by atoms with Gasteiger partial charge in [0.05, 0.1) is 13.2 Å². The number of guanidine groups is 1. The average molecular weight is 456 g/mol. The largest absolute Gasteiger partial charge is 0.379 e. The van der Waals surface area contributed by atoms with Gasteiger partial charge in [-0.2, -0.15) is 11.8 Å². The molecule has 0 amide bonds. The molecule has 3 atom stereocenters. The first-order valence-corrected chi connectivity index (χ1v) is 9.61. The van der Waals surface area contributed by atoms with Crippen LogP contribution in [0.2, 0.25) is 0 Å². The molecule has 5 nitrogen and oxygen atoms in total. The molecule has 23 heavy (non-hydrogen) atoms. The summed E-state index contributed by atoms with van der Waals surface area (Å²) in [5.74, 6) is 2.27. The van der Waals surface area contributed by atoms with Crippen molar-refractivity contribution in [1.29, 1.82) is 0 Å². The second-order valence-electron chi connectivity index (χ2n) is 6.29. The molecule has 7 heteroatoms.